The van der Waals surface area contributed by atoms with E-state index >= 15 is 0 Å². The summed E-state index contributed by atoms with van der Waals surface area (Å²) < 4.78 is 7.51. The number of rotatable bonds is 6. The molecule has 0 fully saturated rings. The molecule has 2 heterocycles. The zero-order valence-electron chi connectivity index (χ0n) is 12.1. The van der Waals surface area contributed by atoms with Gasteiger partial charge in [0.05, 0.1) is 17.9 Å². The molecule has 2 rings (SSSR count). The molecule has 2 aromatic rings. The van der Waals surface area contributed by atoms with Gasteiger partial charge in [-0.1, -0.05) is 6.92 Å². The minimum Gasteiger partial charge on any atom is -0.444 e. The Balaban J connectivity index is 1.90. The fourth-order valence-corrected chi connectivity index (χ4v) is 1.82. The van der Waals surface area contributed by atoms with Crippen LogP contribution in [0.2, 0.25) is 0 Å². The van der Waals surface area contributed by atoms with Gasteiger partial charge in [-0.15, -0.1) is 0 Å². The molecule has 1 N–H and O–H groups in total. The summed E-state index contributed by atoms with van der Waals surface area (Å²) in [5, 5.41) is 7.92. The van der Waals surface area contributed by atoms with Crippen molar-refractivity contribution in [2.75, 3.05) is 0 Å². The number of aromatic nitrogens is 3. The number of aryl methyl sites for hydroxylation is 1. The van der Waals surface area contributed by atoms with Gasteiger partial charge in [-0.25, -0.2) is 4.98 Å². The van der Waals surface area contributed by atoms with Crippen LogP contribution in [0.4, 0.5) is 0 Å². The van der Waals surface area contributed by atoms with Crippen LogP contribution < -0.4 is 5.32 Å². The molecule has 0 bridgehead atoms. The molecule has 5 nitrogen and oxygen atoms in total. The van der Waals surface area contributed by atoms with Crippen molar-refractivity contribution in [2.24, 2.45) is 0 Å². The van der Waals surface area contributed by atoms with Crippen LogP contribution in [-0.2, 0) is 6.54 Å². The van der Waals surface area contributed by atoms with Gasteiger partial charge < -0.3 is 9.73 Å². The van der Waals surface area contributed by atoms with E-state index in [1.54, 1.807) is 6.20 Å². The second-order valence-electron chi connectivity index (χ2n) is 4.96. The quantitative estimate of drug-likeness (QED) is 0.869. The first-order chi connectivity index (χ1) is 9.10. The van der Waals surface area contributed by atoms with Gasteiger partial charge >= 0.3 is 0 Å². The Hall–Kier alpha value is -1.62. The monoisotopic (exact) mass is 262 g/mol. The van der Waals surface area contributed by atoms with E-state index in [0.717, 1.165) is 23.8 Å². The second kappa shape index (κ2) is 6.02. The average Bonchev–Trinajstić information content (AvgIpc) is 3.04. The molecule has 0 aliphatic carbocycles. The number of oxazole rings is 1. The van der Waals surface area contributed by atoms with Crippen molar-refractivity contribution >= 4 is 0 Å². The van der Waals surface area contributed by atoms with Gasteiger partial charge in [-0.3, -0.25) is 4.68 Å². The average molecular weight is 262 g/mol. The Morgan fingerprint density at radius 2 is 2.21 bits per heavy atom. The second-order valence-corrected chi connectivity index (χ2v) is 4.96. The Morgan fingerprint density at radius 1 is 1.42 bits per heavy atom. The molecule has 0 spiro atoms. The van der Waals surface area contributed by atoms with E-state index < -0.39 is 0 Å². The van der Waals surface area contributed by atoms with Crippen LogP contribution in [0.15, 0.2) is 22.9 Å². The van der Waals surface area contributed by atoms with E-state index in [-0.39, 0.29) is 6.04 Å². The summed E-state index contributed by atoms with van der Waals surface area (Å²) in [7, 11) is 0. The molecule has 19 heavy (non-hydrogen) atoms. The minimum atomic E-state index is 0.0856. The van der Waals surface area contributed by atoms with Crippen LogP contribution in [0.25, 0.3) is 0 Å². The van der Waals surface area contributed by atoms with E-state index in [2.05, 4.69) is 29.2 Å². The van der Waals surface area contributed by atoms with Crippen molar-refractivity contribution < 1.29 is 4.42 Å². The lowest BCUT2D eigenvalue weighted by Crippen LogP contribution is -2.19. The summed E-state index contributed by atoms with van der Waals surface area (Å²) in [6.45, 7) is 8.99. The van der Waals surface area contributed by atoms with E-state index in [0.29, 0.717) is 12.6 Å². The molecule has 5 heteroatoms. The van der Waals surface area contributed by atoms with Gasteiger partial charge in [-0.2, -0.15) is 5.10 Å². The van der Waals surface area contributed by atoms with Crippen molar-refractivity contribution in [1.29, 1.82) is 0 Å². The molecule has 0 saturated carbocycles. The van der Waals surface area contributed by atoms with E-state index in [1.807, 2.05) is 30.8 Å². The maximum Gasteiger partial charge on any atom is 0.211 e. The summed E-state index contributed by atoms with van der Waals surface area (Å²) >= 11 is 0. The van der Waals surface area contributed by atoms with Crippen LogP contribution in [0.3, 0.4) is 0 Å². The summed E-state index contributed by atoms with van der Waals surface area (Å²) in [6, 6.07) is 2.58. The maximum absolute atomic E-state index is 5.50. The minimum absolute atomic E-state index is 0.0856. The molecule has 0 amide bonds. The van der Waals surface area contributed by atoms with E-state index in [9.17, 15) is 0 Å². The lowest BCUT2D eigenvalue weighted by atomic mass is 10.3. The van der Waals surface area contributed by atoms with E-state index in [1.165, 1.54) is 0 Å². The largest absolute Gasteiger partial charge is 0.444 e. The topological polar surface area (TPSA) is 55.9 Å². The van der Waals surface area contributed by atoms with Gasteiger partial charge in [0.25, 0.3) is 0 Å². The Bertz CT molecular complexity index is 517. The molecule has 0 aliphatic heterocycles. The molecule has 104 valence electrons. The van der Waals surface area contributed by atoms with Gasteiger partial charge in [-0.05, 0) is 33.3 Å². The van der Waals surface area contributed by atoms with Crippen LogP contribution >= 0.6 is 0 Å². The summed E-state index contributed by atoms with van der Waals surface area (Å²) in [5.74, 6) is 1.56. The molecule has 2 unspecified atom stereocenters. The predicted molar refractivity (Wildman–Crippen MR) is 73.7 cm³/mol. The van der Waals surface area contributed by atoms with Crippen LogP contribution in [0.1, 0.15) is 56.6 Å². The van der Waals surface area contributed by atoms with Crippen LogP contribution in [0.5, 0.6) is 0 Å². The third-order valence-corrected chi connectivity index (χ3v) is 3.30. The number of nitrogens with one attached hydrogen (secondary N) is 1. The molecule has 0 saturated heterocycles. The first-order valence-corrected chi connectivity index (χ1v) is 6.80. The Morgan fingerprint density at radius 3 is 2.84 bits per heavy atom. The number of hydrogen-bond acceptors (Lipinski definition) is 4. The zero-order chi connectivity index (χ0) is 13.8. The number of nitrogens with zero attached hydrogens (tertiary/aromatic N) is 3. The van der Waals surface area contributed by atoms with Gasteiger partial charge in [0.15, 0.2) is 0 Å². The smallest absolute Gasteiger partial charge is 0.211 e. The highest BCUT2D eigenvalue weighted by Gasteiger charge is 2.11. The van der Waals surface area contributed by atoms with Gasteiger partial charge in [0.2, 0.25) is 5.89 Å². The highest BCUT2D eigenvalue weighted by atomic mass is 16.4. The van der Waals surface area contributed by atoms with Crippen molar-refractivity contribution in [3.63, 3.8) is 0 Å². The molecule has 2 aromatic heterocycles. The first kappa shape index (κ1) is 13.8. The zero-order valence-corrected chi connectivity index (χ0v) is 12.1. The molecular weight excluding hydrogens is 240 g/mol. The Labute approximate surface area is 114 Å². The summed E-state index contributed by atoms with van der Waals surface area (Å²) in [5.41, 5.74) is 1.04. The fourth-order valence-electron chi connectivity index (χ4n) is 1.82. The molecule has 0 radical (unpaired) electrons. The lowest BCUT2D eigenvalue weighted by molar-refractivity contribution is 0.399. The predicted octanol–water partition coefficient (Wildman–Crippen LogP) is 3.00. The van der Waals surface area contributed by atoms with Crippen molar-refractivity contribution in [1.82, 2.24) is 20.1 Å². The van der Waals surface area contributed by atoms with Gasteiger partial charge in [0.1, 0.15) is 5.76 Å². The summed E-state index contributed by atoms with van der Waals surface area (Å²) in [4.78, 5) is 4.22. The van der Waals surface area contributed by atoms with Crippen molar-refractivity contribution in [2.45, 2.75) is 52.7 Å². The third-order valence-electron chi connectivity index (χ3n) is 3.30. The molecule has 0 aliphatic rings. The SMILES string of the molecule is CCC(C)n1ccc(CNC(C)c2ncc(C)o2)n1. The lowest BCUT2D eigenvalue weighted by Gasteiger charge is -2.10. The summed E-state index contributed by atoms with van der Waals surface area (Å²) in [6.07, 6.45) is 4.86. The van der Waals surface area contributed by atoms with Crippen LogP contribution in [-0.4, -0.2) is 14.8 Å². The number of hydrogen-bond donors (Lipinski definition) is 1. The first-order valence-electron chi connectivity index (χ1n) is 6.80. The molecular formula is C14H22N4O. The van der Waals surface area contributed by atoms with Gasteiger partial charge in [0, 0.05) is 18.8 Å². The normalized spacial score (nSPS) is 14.5. The highest BCUT2D eigenvalue weighted by Crippen LogP contribution is 2.13. The Kier molecular flexibility index (Phi) is 4.37. The third kappa shape index (κ3) is 3.44. The fraction of sp³-hybridized carbons (Fsp3) is 0.571. The highest BCUT2D eigenvalue weighted by molar-refractivity contribution is 5.01. The molecule has 0 aromatic carbocycles. The maximum atomic E-state index is 5.50. The van der Waals surface area contributed by atoms with Crippen LogP contribution in [0, 0.1) is 6.92 Å². The standard InChI is InChI=1S/C14H22N4O/c1-5-10(2)18-7-6-13(17-18)9-15-12(4)14-16-8-11(3)19-14/h6-8,10,12,15H,5,9H2,1-4H3. The van der Waals surface area contributed by atoms with Crippen molar-refractivity contribution in [3.05, 3.63) is 35.8 Å². The van der Waals surface area contributed by atoms with Crippen molar-refractivity contribution in [3.8, 4) is 0 Å². The van der Waals surface area contributed by atoms with E-state index in [4.69, 9.17) is 4.42 Å². The molecule has 2 atom stereocenters.